The van der Waals surface area contributed by atoms with Gasteiger partial charge in [0.2, 0.25) is 0 Å². The first-order valence-electron chi connectivity index (χ1n) is 6.05. The fraction of sp³-hybridized carbons (Fsp3) is 0.917. The highest BCUT2D eigenvalue weighted by Gasteiger charge is 2.57. The average Bonchev–Trinajstić information content (AvgIpc) is 2.69. The third-order valence-electron chi connectivity index (χ3n) is 3.16. The molecule has 1 N–H and O–H groups in total. The summed E-state index contributed by atoms with van der Waals surface area (Å²) in [6, 6.07) is 0. The molecule has 0 radical (unpaired) electrons. The number of hydrogen-bond acceptors (Lipinski definition) is 6. The van der Waals surface area contributed by atoms with Crippen LogP contribution in [0, 0.1) is 0 Å². The summed E-state index contributed by atoms with van der Waals surface area (Å²) < 4.78 is 22.2. The highest BCUT2D eigenvalue weighted by atomic mass is 16.8. The third-order valence-corrected chi connectivity index (χ3v) is 3.16. The van der Waals surface area contributed by atoms with Crippen molar-refractivity contribution in [2.75, 3.05) is 7.11 Å². The van der Waals surface area contributed by atoms with Crippen molar-refractivity contribution in [1.29, 1.82) is 0 Å². The van der Waals surface area contributed by atoms with Crippen molar-refractivity contribution in [2.24, 2.45) is 0 Å². The first-order chi connectivity index (χ1) is 8.34. The van der Waals surface area contributed by atoms with E-state index in [1.165, 1.54) is 14.0 Å². The number of hydrogen-bond donors (Lipinski definition) is 1. The maximum Gasteiger partial charge on any atom is 0.186 e. The standard InChI is InChI=1S/C12H20O6/c1-6(13)5-7(14)8-9-10(11(15-4)16-8)18-12(2,3)17-9/h7-11,14H,5H2,1-4H3/t7-,8-,9-,10-,11-/m1/s1. The molecule has 0 aromatic rings. The fourth-order valence-corrected chi connectivity index (χ4v) is 2.50. The topological polar surface area (TPSA) is 74.2 Å². The van der Waals surface area contributed by atoms with E-state index in [0.29, 0.717) is 0 Å². The van der Waals surface area contributed by atoms with Crippen molar-refractivity contribution in [3.8, 4) is 0 Å². The third kappa shape index (κ3) is 2.57. The Morgan fingerprint density at radius 3 is 2.56 bits per heavy atom. The molecule has 0 aliphatic carbocycles. The SMILES string of the molecule is CO[C@@H]1O[C@H]([C@H](O)CC(C)=O)[C@H]2OC(C)(C)O[C@@H]12. The molecule has 6 heteroatoms. The molecule has 18 heavy (non-hydrogen) atoms. The number of methoxy groups -OCH3 is 1. The fourth-order valence-electron chi connectivity index (χ4n) is 2.50. The van der Waals surface area contributed by atoms with Gasteiger partial charge in [-0.2, -0.15) is 0 Å². The second-order valence-corrected chi connectivity index (χ2v) is 5.24. The molecule has 0 unspecified atom stereocenters. The number of rotatable bonds is 4. The van der Waals surface area contributed by atoms with Crippen LogP contribution in [0.15, 0.2) is 0 Å². The molecule has 0 aromatic heterocycles. The largest absolute Gasteiger partial charge is 0.390 e. The molecule has 0 aromatic carbocycles. The van der Waals surface area contributed by atoms with Crippen molar-refractivity contribution in [3.05, 3.63) is 0 Å². The van der Waals surface area contributed by atoms with Crippen LogP contribution in [0.25, 0.3) is 0 Å². The molecule has 0 amide bonds. The van der Waals surface area contributed by atoms with E-state index in [1.807, 2.05) is 0 Å². The zero-order chi connectivity index (χ0) is 13.5. The number of fused-ring (bicyclic) bond motifs is 1. The van der Waals surface area contributed by atoms with Gasteiger partial charge in [-0.15, -0.1) is 0 Å². The minimum Gasteiger partial charge on any atom is -0.390 e. The first kappa shape index (κ1) is 13.9. The predicted octanol–water partition coefficient (Wildman–Crippen LogP) is 0.218. The molecule has 6 nitrogen and oxygen atoms in total. The Balaban J connectivity index is 2.11. The lowest BCUT2D eigenvalue weighted by Crippen LogP contribution is -2.39. The molecule has 0 bridgehead atoms. The summed E-state index contributed by atoms with van der Waals surface area (Å²) in [6.45, 7) is 5.03. The van der Waals surface area contributed by atoms with Crippen LogP contribution in [0.2, 0.25) is 0 Å². The van der Waals surface area contributed by atoms with Crippen molar-refractivity contribution in [2.45, 2.75) is 63.7 Å². The van der Waals surface area contributed by atoms with Crippen LogP contribution >= 0.6 is 0 Å². The Labute approximate surface area is 106 Å². The zero-order valence-electron chi connectivity index (χ0n) is 11.1. The Hall–Kier alpha value is -0.530. The van der Waals surface area contributed by atoms with Crippen molar-refractivity contribution in [3.63, 3.8) is 0 Å². The lowest BCUT2D eigenvalue weighted by atomic mass is 10.0. The second-order valence-electron chi connectivity index (χ2n) is 5.24. The summed E-state index contributed by atoms with van der Waals surface area (Å²) in [7, 11) is 1.51. The van der Waals surface area contributed by atoms with E-state index >= 15 is 0 Å². The smallest absolute Gasteiger partial charge is 0.186 e. The number of carbonyl (C=O) groups excluding carboxylic acids is 1. The highest BCUT2D eigenvalue weighted by Crippen LogP contribution is 2.40. The predicted molar refractivity (Wildman–Crippen MR) is 60.8 cm³/mol. The molecule has 104 valence electrons. The minimum atomic E-state index is -0.910. The Morgan fingerprint density at radius 2 is 2.00 bits per heavy atom. The lowest BCUT2D eigenvalue weighted by Gasteiger charge is -2.25. The number of carbonyl (C=O) groups is 1. The summed E-state index contributed by atoms with van der Waals surface area (Å²) in [5.74, 6) is -0.828. The molecule has 5 atom stereocenters. The molecular weight excluding hydrogens is 240 g/mol. The molecule has 2 saturated heterocycles. The van der Waals surface area contributed by atoms with Crippen LogP contribution in [-0.4, -0.2) is 54.5 Å². The summed E-state index contributed by atoms with van der Waals surface area (Å²) in [6.07, 6.45) is -2.86. The summed E-state index contributed by atoms with van der Waals surface area (Å²) in [5.41, 5.74) is 0. The molecule has 2 aliphatic heterocycles. The van der Waals surface area contributed by atoms with E-state index in [1.54, 1.807) is 13.8 Å². The van der Waals surface area contributed by atoms with Crippen molar-refractivity contribution >= 4 is 5.78 Å². The maximum atomic E-state index is 11.1. The van der Waals surface area contributed by atoms with Gasteiger partial charge in [0.05, 0.1) is 6.10 Å². The van der Waals surface area contributed by atoms with Crippen molar-refractivity contribution < 1.29 is 28.8 Å². The van der Waals surface area contributed by atoms with Crippen LogP contribution in [0.3, 0.4) is 0 Å². The Kier molecular flexibility index (Phi) is 3.75. The lowest BCUT2D eigenvalue weighted by molar-refractivity contribution is -0.236. The monoisotopic (exact) mass is 260 g/mol. The van der Waals surface area contributed by atoms with E-state index in [9.17, 15) is 9.90 Å². The maximum absolute atomic E-state index is 11.1. The Morgan fingerprint density at radius 1 is 1.39 bits per heavy atom. The van der Waals surface area contributed by atoms with Gasteiger partial charge in [-0.1, -0.05) is 0 Å². The number of aliphatic hydroxyl groups is 1. The highest BCUT2D eigenvalue weighted by molar-refractivity contribution is 5.76. The first-order valence-corrected chi connectivity index (χ1v) is 6.05. The van der Waals surface area contributed by atoms with Gasteiger partial charge >= 0.3 is 0 Å². The van der Waals surface area contributed by atoms with Crippen molar-refractivity contribution in [1.82, 2.24) is 0 Å². The minimum absolute atomic E-state index is 0.0358. The number of aliphatic hydroxyl groups excluding tert-OH is 1. The van der Waals surface area contributed by atoms with Gasteiger partial charge in [-0.25, -0.2) is 0 Å². The molecular formula is C12H20O6. The van der Waals surface area contributed by atoms with Gasteiger partial charge < -0.3 is 24.1 Å². The van der Waals surface area contributed by atoms with Gasteiger partial charge in [0.25, 0.3) is 0 Å². The van der Waals surface area contributed by atoms with Gasteiger partial charge in [0.15, 0.2) is 12.1 Å². The molecule has 2 fully saturated rings. The van der Waals surface area contributed by atoms with Crippen LogP contribution in [0.1, 0.15) is 27.2 Å². The number of ether oxygens (including phenoxy) is 4. The number of ketones is 1. The van der Waals surface area contributed by atoms with Crippen LogP contribution in [0.4, 0.5) is 0 Å². The molecule has 2 heterocycles. The van der Waals surface area contributed by atoms with Crippen LogP contribution < -0.4 is 0 Å². The summed E-state index contributed by atoms with van der Waals surface area (Å²) in [4.78, 5) is 11.1. The van der Waals surface area contributed by atoms with Crippen LogP contribution in [-0.2, 0) is 23.7 Å². The van der Waals surface area contributed by atoms with E-state index < -0.39 is 30.4 Å². The molecule has 0 spiro atoms. The number of Topliss-reactive ketones (excluding diaryl/α,β-unsaturated/α-hetero) is 1. The van der Waals surface area contributed by atoms with Gasteiger partial charge in [-0.05, 0) is 20.8 Å². The van der Waals surface area contributed by atoms with Gasteiger partial charge in [0.1, 0.15) is 24.1 Å². The van der Waals surface area contributed by atoms with Crippen LogP contribution in [0.5, 0.6) is 0 Å². The summed E-state index contributed by atoms with van der Waals surface area (Å²) >= 11 is 0. The Bertz CT molecular complexity index is 329. The van der Waals surface area contributed by atoms with E-state index in [2.05, 4.69) is 0 Å². The van der Waals surface area contributed by atoms with Gasteiger partial charge in [0, 0.05) is 13.5 Å². The second kappa shape index (κ2) is 4.86. The summed E-state index contributed by atoms with van der Waals surface area (Å²) in [5, 5.41) is 10.0. The normalized spacial score (nSPS) is 39.6. The molecule has 2 rings (SSSR count). The van der Waals surface area contributed by atoms with E-state index in [4.69, 9.17) is 18.9 Å². The molecule has 0 saturated carbocycles. The quantitative estimate of drug-likeness (QED) is 0.779. The van der Waals surface area contributed by atoms with E-state index in [0.717, 1.165) is 0 Å². The van der Waals surface area contributed by atoms with E-state index in [-0.39, 0.29) is 18.3 Å². The van der Waals surface area contributed by atoms with Gasteiger partial charge in [-0.3, -0.25) is 4.79 Å². The molecule has 2 aliphatic rings. The average molecular weight is 260 g/mol. The zero-order valence-corrected chi connectivity index (χ0v) is 11.1.